The van der Waals surface area contributed by atoms with Crippen LogP contribution in [0, 0.1) is 19.3 Å². The molecule has 0 aliphatic heterocycles. The molecule has 3 aromatic rings. The minimum absolute atomic E-state index is 0.0834. The van der Waals surface area contributed by atoms with Crippen LogP contribution in [-0.2, 0) is 0 Å². The average Bonchev–Trinajstić information content (AvgIpc) is 3.13. The first-order chi connectivity index (χ1) is 13.4. The fourth-order valence-corrected chi connectivity index (χ4v) is 2.37. The molecule has 11 heteroatoms. The first kappa shape index (κ1) is 19.1. The highest BCUT2D eigenvalue weighted by Crippen LogP contribution is 2.26. The summed E-state index contributed by atoms with van der Waals surface area (Å²) >= 11 is 6.11. The summed E-state index contributed by atoms with van der Waals surface area (Å²) < 4.78 is 5.32. The van der Waals surface area contributed by atoms with Gasteiger partial charge in [0.2, 0.25) is 17.7 Å². The number of carbonyl (C=O) groups excluding carboxylic acids is 1. The molecule has 3 rings (SSSR count). The molecule has 28 heavy (non-hydrogen) atoms. The van der Waals surface area contributed by atoms with Crippen molar-refractivity contribution in [2.75, 3.05) is 29.6 Å². The number of hydrogen-bond acceptors (Lipinski definition) is 9. The Kier molecular flexibility index (Phi) is 5.37. The molecule has 0 fully saturated rings. The maximum atomic E-state index is 12.4. The van der Waals surface area contributed by atoms with Gasteiger partial charge in [0.1, 0.15) is 0 Å². The summed E-state index contributed by atoms with van der Waals surface area (Å²) in [5.41, 5.74) is 1.26. The fourth-order valence-electron chi connectivity index (χ4n) is 2.10. The van der Waals surface area contributed by atoms with Gasteiger partial charge < -0.3 is 14.6 Å². The highest BCUT2D eigenvalue weighted by Gasteiger charge is 2.18. The van der Waals surface area contributed by atoms with Gasteiger partial charge in [-0.1, -0.05) is 28.8 Å². The van der Waals surface area contributed by atoms with Gasteiger partial charge in [-0.25, -0.2) is 0 Å². The van der Waals surface area contributed by atoms with Crippen LogP contribution in [0.1, 0.15) is 22.1 Å². The highest BCUT2D eigenvalue weighted by atomic mass is 35.5. The SMILES string of the molecule is C#Cc1nc(Nc2nnc(C(=O)Nc3c(C)cccc3Cl)o2)nc(N(C)C)n1. The van der Waals surface area contributed by atoms with Crippen molar-refractivity contribution < 1.29 is 9.21 Å². The van der Waals surface area contributed by atoms with Crippen molar-refractivity contribution in [3.8, 4) is 12.3 Å². The summed E-state index contributed by atoms with van der Waals surface area (Å²) in [5, 5.41) is 13.2. The second kappa shape index (κ2) is 7.89. The van der Waals surface area contributed by atoms with E-state index in [1.807, 2.05) is 13.0 Å². The molecule has 0 bridgehead atoms. The number of rotatable bonds is 5. The van der Waals surface area contributed by atoms with Crippen LogP contribution in [-0.4, -0.2) is 45.2 Å². The maximum Gasteiger partial charge on any atom is 0.322 e. The molecule has 1 aromatic carbocycles. The third-order valence-electron chi connectivity index (χ3n) is 3.45. The molecular weight excluding hydrogens is 384 g/mol. The molecule has 1 amide bonds. The monoisotopic (exact) mass is 398 g/mol. The largest absolute Gasteiger partial charge is 0.399 e. The van der Waals surface area contributed by atoms with Crippen molar-refractivity contribution in [1.82, 2.24) is 25.1 Å². The van der Waals surface area contributed by atoms with E-state index in [4.69, 9.17) is 22.4 Å². The van der Waals surface area contributed by atoms with E-state index in [9.17, 15) is 4.79 Å². The van der Waals surface area contributed by atoms with Gasteiger partial charge in [0.25, 0.3) is 0 Å². The minimum Gasteiger partial charge on any atom is -0.399 e. The Morgan fingerprint density at radius 3 is 2.71 bits per heavy atom. The molecular formula is C17H15ClN8O2. The van der Waals surface area contributed by atoms with Crippen LogP contribution in [0.4, 0.5) is 23.6 Å². The van der Waals surface area contributed by atoms with Crippen LogP contribution in [0.15, 0.2) is 22.6 Å². The zero-order valence-corrected chi connectivity index (χ0v) is 15.9. The lowest BCUT2D eigenvalue weighted by atomic mass is 10.2. The molecule has 0 unspecified atom stereocenters. The summed E-state index contributed by atoms with van der Waals surface area (Å²) in [6, 6.07) is 5.18. The summed E-state index contributed by atoms with van der Waals surface area (Å²) in [4.78, 5) is 26.3. The van der Waals surface area contributed by atoms with Crippen LogP contribution in [0.25, 0.3) is 0 Å². The first-order valence-corrected chi connectivity index (χ1v) is 8.32. The zero-order valence-electron chi connectivity index (χ0n) is 15.2. The van der Waals surface area contributed by atoms with Crippen molar-refractivity contribution in [3.63, 3.8) is 0 Å². The number of benzene rings is 1. The second-order valence-electron chi connectivity index (χ2n) is 5.74. The Labute approximate surface area is 165 Å². The average molecular weight is 399 g/mol. The van der Waals surface area contributed by atoms with Gasteiger partial charge in [-0.15, -0.1) is 11.5 Å². The van der Waals surface area contributed by atoms with Gasteiger partial charge >= 0.3 is 17.8 Å². The Balaban J connectivity index is 1.78. The van der Waals surface area contributed by atoms with Gasteiger partial charge in [-0.3, -0.25) is 10.1 Å². The molecule has 2 aromatic heterocycles. The van der Waals surface area contributed by atoms with Crippen molar-refractivity contribution in [1.29, 1.82) is 0 Å². The van der Waals surface area contributed by atoms with Crippen LogP contribution in [0.2, 0.25) is 5.02 Å². The van der Waals surface area contributed by atoms with E-state index in [2.05, 4.69) is 41.7 Å². The van der Waals surface area contributed by atoms with Gasteiger partial charge in [0.15, 0.2) is 0 Å². The molecule has 0 spiro atoms. The van der Waals surface area contributed by atoms with E-state index >= 15 is 0 Å². The summed E-state index contributed by atoms with van der Waals surface area (Å²) in [7, 11) is 3.51. The van der Waals surface area contributed by atoms with Gasteiger partial charge in [0, 0.05) is 14.1 Å². The van der Waals surface area contributed by atoms with Crippen LogP contribution in [0.5, 0.6) is 0 Å². The molecule has 10 nitrogen and oxygen atoms in total. The topological polar surface area (TPSA) is 122 Å². The molecule has 0 aliphatic carbocycles. The molecule has 142 valence electrons. The van der Waals surface area contributed by atoms with Gasteiger partial charge in [-0.2, -0.15) is 15.0 Å². The number of nitrogens with one attached hydrogen (secondary N) is 2. The second-order valence-corrected chi connectivity index (χ2v) is 6.15. The van der Waals surface area contributed by atoms with E-state index in [0.29, 0.717) is 16.7 Å². The van der Waals surface area contributed by atoms with E-state index < -0.39 is 5.91 Å². The molecule has 2 N–H and O–H groups in total. The highest BCUT2D eigenvalue weighted by molar-refractivity contribution is 6.34. The predicted molar refractivity (Wildman–Crippen MR) is 104 cm³/mol. The van der Waals surface area contributed by atoms with Gasteiger partial charge in [0.05, 0.1) is 10.7 Å². The quantitative estimate of drug-likeness (QED) is 0.623. The zero-order chi connectivity index (χ0) is 20.3. The van der Waals surface area contributed by atoms with Gasteiger partial charge in [-0.05, 0) is 24.5 Å². The maximum absolute atomic E-state index is 12.4. The number of anilines is 4. The van der Waals surface area contributed by atoms with Crippen molar-refractivity contribution in [3.05, 3.63) is 40.5 Å². The number of nitrogens with zero attached hydrogens (tertiary/aromatic N) is 6. The minimum atomic E-state index is -0.606. The van der Waals surface area contributed by atoms with E-state index in [0.717, 1.165) is 5.56 Å². The standard InChI is InChI=1S/C17H15ClN8O2/c1-5-11-19-15(22-16(20-11)26(3)4)23-17-25-24-14(28-17)13(27)21-12-9(2)7-6-8-10(12)18/h1,6-8H,2-4H3,(H,21,27)(H,19,20,22,23,25). The lowest BCUT2D eigenvalue weighted by molar-refractivity contribution is 0.0991. The number of aryl methyl sites for hydroxylation is 1. The van der Waals surface area contributed by atoms with Crippen LogP contribution < -0.4 is 15.5 Å². The smallest absolute Gasteiger partial charge is 0.322 e. The first-order valence-electron chi connectivity index (χ1n) is 7.94. The van der Waals surface area contributed by atoms with E-state index in [1.54, 1.807) is 31.1 Å². The summed E-state index contributed by atoms with van der Waals surface area (Å²) in [6.45, 7) is 1.81. The van der Waals surface area contributed by atoms with Crippen LogP contribution >= 0.6 is 11.6 Å². The van der Waals surface area contributed by atoms with Crippen LogP contribution in [0.3, 0.4) is 0 Å². The normalized spacial score (nSPS) is 10.2. The number of aromatic nitrogens is 5. The fraction of sp³-hybridized carbons (Fsp3) is 0.176. The lowest BCUT2D eigenvalue weighted by Crippen LogP contribution is -2.15. The van der Waals surface area contributed by atoms with Crippen molar-refractivity contribution in [2.45, 2.75) is 6.92 Å². The Morgan fingerprint density at radius 2 is 2.04 bits per heavy atom. The lowest BCUT2D eigenvalue weighted by Gasteiger charge is -2.10. The third-order valence-corrected chi connectivity index (χ3v) is 3.77. The Hall–Kier alpha value is -3.71. The number of para-hydroxylation sites is 1. The molecule has 0 aliphatic rings. The molecule has 2 heterocycles. The predicted octanol–water partition coefficient (Wildman–Crippen LogP) is 2.26. The van der Waals surface area contributed by atoms with Crippen molar-refractivity contribution in [2.24, 2.45) is 0 Å². The summed E-state index contributed by atoms with van der Waals surface area (Å²) in [6.07, 6.45) is 5.36. The van der Waals surface area contributed by atoms with Crippen molar-refractivity contribution >= 4 is 41.1 Å². The van der Waals surface area contributed by atoms with E-state index in [-0.39, 0.29) is 23.7 Å². The number of halogens is 1. The number of carbonyl (C=O) groups is 1. The Bertz CT molecular complexity index is 1050. The molecule has 0 radical (unpaired) electrons. The number of terminal acetylenes is 1. The third kappa shape index (κ3) is 4.16. The number of amides is 1. The molecule has 0 saturated carbocycles. The number of hydrogen-bond donors (Lipinski definition) is 2. The summed E-state index contributed by atoms with van der Waals surface area (Å²) in [5.74, 6) is 2.05. The molecule has 0 saturated heterocycles. The van der Waals surface area contributed by atoms with E-state index in [1.165, 1.54) is 0 Å². The Morgan fingerprint density at radius 1 is 1.25 bits per heavy atom. The molecule has 0 atom stereocenters.